The number of rotatable bonds is 2. The van der Waals surface area contributed by atoms with E-state index in [4.69, 9.17) is 17.3 Å². The molecular weight excluding hydrogens is 229 g/mol. The fourth-order valence-corrected chi connectivity index (χ4v) is 1.37. The maximum absolute atomic E-state index is 13.2. The van der Waals surface area contributed by atoms with E-state index in [1.54, 1.807) is 18.3 Å². The number of hydrogen-bond donors (Lipinski definition) is 2. The van der Waals surface area contributed by atoms with Crippen molar-refractivity contribution in [3.8, 4) is 0 Å². The van der Waals surface area contributed by atoms with Crippen LogP contribution in [-0.2, 0) is 0 Å². The van der Waals surface area contributed by atoms with E-state index in [-0.39, 0.29) is 5.02 Å². The molecule has 0 aliphatic rings. The number of aromatic nitrogens is 1. The van der Waals surface area contributed by atoms with Crippen LogP contribution in [0, 0.1) is 5.82 Å². The van der Waals surface area contributed by atoms with Crippen molar-refractivity contribution in [1.82, 2.24) is 4.98 Å². The van der Waals surface area contributed by atoms with Crippen molar-refractivity contribution < 1.29 is 4.39 Å². The molecule has 1 aromatic heterocycles. The van der Waals surface area contributed by atoms with E-state index in [2.05, 4.69) is 10.3 Å². The van der Waals surface area contributed by atoms with Gasteiger partial charge in [0, 0.05) is 11.9 Å². The summed E-state index contributed by atoms with van der Waals surface area (Å²) in [4.78, 5) is 3.86. The van der Waals surface area contributed by atoms with Crippen molar-refractivity contribution in [2.24, 2.45) is 0 Å². The van der Waals surface area contributed by atoms with Gasteiger partial charge in [-0.3, -0.25) is 4.98 Å². The molecule has 0 saturated carbocycles. The molecule has 0 amide bonds. The van der Waals surface area contributed by atoms with Gasteiger partial charge in [0.05, 0.1) is 22.6 Å². The summed E-state index contributed by atoms with van der Waals surface area (Å²) in [6.45, 7) is 0. The van der Waals surface area contributed by atoms with E-state index in [9.17, 15) is 4.39 Å². The van der Waals surface area contributed by atoms with Crippen molar-refractivity contribution in [1.29, 1.82) is 0 Å². The zero-order valence-corrected chi connectivity index (χ0v) is 9.00. The molecule has 5 heteroatoms. The van der Waals surface area contributed by atoms with Crippen molar-refractivity contribution in [2.75, 3.05) is 11.1 Å². The largest absolute Gasteiger partial charge is 0.396 e. The van der Waals surface area contributed by atoms with E-state index in [1.165, 1.54) is 18.3 Å². The average molecular weight is 238 g/mol. The summed E-state index contributed by atoms with van der Waals surface area (Å²) in [6, 6.07) is 6.17. The first-order valence-corrected chi connectivity index (χ1v) is 4.96. The van der Waals surface area contributed by atoms with Gasteiger partial charge in [-0.05, 0) is 24.3 Å². The second-order valence-electron chi connectivity index (χ2n) is 3.22. The molecule has 0 aliphatic carbocycles. The molecule has 0 aliphatic heterocycles. The highest BCUT2D eigenvalue weighted by Crippen LogP contribution is 2.24. The van der Waals surface area contributed by atoms with Crippen LogP contribution in [0.5, 0.6) is 0 Å². The van der Waals surface area contributed by atoms with Crippen LogP contribution in [-0.4, -0.2) is 4.98 Å². The Morgan fingerprint density at radius 1 is 1.31 bits per heavy atom. The summed E-state index contributed by atoms with van der Waals surface area (Å²) in [7, 11) is 0. The lowest BCUT2D eigenvalue weighted by molar-refractivity contribution is 0.629. The van der Waals surface area contributed by atoms with Gasteiger partial charge in [0.25, 0.3) is 0 Å². The van der Waals surface area contributed by atoms with E-state index < -0.39 is 5.82 Å². The second-order valence-corrected chi connectivity index (χ2v) is 3.62. The number of hydrogen-bond acceptors (Lipinski definition) is 3. The van der Waals surface area contributed by atoms with Crippen LogP contribution in [0.3, 0.4) is 0 Å². The van der Waals surface area contributed by atoms with E-state index in [1.807, 2.05) is 0 Å². The third-order valence-corrected chi connectivity index (χ3v) is 2.36. The van der Waals surface area contributed by atoms with Gasteiger partial charge in [0.1, 0.15) is 5.82 Å². The summed E-state index contributed by atoms with van der Waals surface area (Å²) >= 11 is 5.58. The minimum absolute atomic E-state index is 0.0910. The summed E-state index contributed by atoms with van der Waals surface area (Å²) in [6.07, 6.45) is 3.12. The van der Waals surface area contributed by atoms with Gasteiger partial charge in [-0.15, -0.1) is 0 Å². The topological polar surface area (TPSA) is 50.9 Å². The van der Waals surface area contributed by atoms with Crippen LogP contribution in [0.15, 0.2) is 36.7 Å². The van der Waals surface area contributed by atoms with Gasteiger partial charge in [-0.1, -0.05) is 11.6 Å². The molecule has 2 rings (SSSR count). The highest BCUT2D eigenvalue weighted by molar-refractivity contribution is 6.30. The zero-order valence-electron chi connectivity index (χ0n) is 8.24. The number of nitrogen functional groups attached to an aromatic ring is 1. The molecule has 0 atom stereocenters. The standard InChI is InChI=1S/C11H9ClFN3/c12-8-2-1-7(5-9(8)13)16-11-3-4-15-6-10(11)14/h1-6H,14H2,(H,15,16). The first-order chi connectivity index (χ1) is 7.66. The normalized spacial score (nSPS) is 10.1. The van der Waals surface area contributed by atoms with E-state index in [0.717, 1.165) is 0 Å². The predicted octanol–water partition coefficient (Wildman–Crippen LogP) is 3.20. The fourth-order valence-electron chi connectivity index (χ4n) is 1.25. The van der Waals surface area contributed by atoms with Gasteiger partial charge in [-0.2, -0.15) is 0 Å². The third-order valence-electron chi connectivity index (χ3n) is 2.05. The molecule has 0 fully saturated rings. The minimum Gasteiger partial charge on any atom is -0.396 e. The lowest BCUT2D eigenvalue weighted by atomic mass is 10.3. The molecule has 0 saturated heterocycles. The molecule has 0 spiro atoms. The third kappa shape index (κ3) is 2.23. The SMILES string of the molecule is Nc1cnccc1Nc1ccc(Cl)c(F)c1. The molecule has 1 aromatic carbocycles. The quantitative estimate of drug-likeness (QED) is 0.843. The second kappa shape index (κ2) is 4.37. The summed E-state index contributed by atoms with van der Waals surface area (Å²) < 4.78 is 13.2. The minimum atomic E-state index is -0.473. The Bertz CT molecular complexity index is 516. The Morgan fingerprint density at radius 3 is 2.81 bits per heavy atom. The van der Waals surface area contributed by atoms with Gasteiger partial charge in [0.2, 0.25) is 0 Å². The van der Waals surface area contributed by atoms with Gasteiger partial charge < -0.3 is 11.1 Å². The van der Waals surface area contributed by atoms with Crippen molar-refractivity contribution in [2.45, 2.75) is 0 Å². The molecule has 2 aromatic rings. The lowest BCUT2D eigenvalue weighted by Gasteiger charge is -2.08. The molecular formula is C11H9ClFN3. The zero-order chi connectivity index (χ0) is 11.5. The van der Waals surface area contributed by atoms with Gasteiger partial charge in [0.15, 0.2) is 0 Å². The Kier molecular flexibility index (Phi) is 2.92. The molecule has 0 bridgehead atoms. The van der Waals surface area contributed by atoms with Crippen LogP contribution >= 0.6 is 11.6 Å². The summed E-state index contributed by atoms with van der Waals surface area (Å²) in [5.41, 5.74) is 7.45. The molecule has 16 heavy (non-hydrogen) atoms. The average Bonchev–Trinajstić information content (AvgIpc) is 2.27. The summed E-state index contributed by atoms with van der Waals surface area (Å²) in [5.74, 6) is -0.473. The van der Waals surface area contributed by atoms with Crippen LogP contribution < -0.4 is 11.1 Å². The number of pyridine rings is 1. The monoisotopic (exact) mass is 237 g/mol. The Balaban J connectivity index is 2.28. The fraction of sp³-hybridized carbons (Fsp3) is 0. The number of halogens is 2. The number of nitrogens with zero attached hydrogens (tertiary/aromatic N) is 1. The molecule has 82 valence electrons. The number of benzene rings is 1. The van der Waals surface area contributed by atoms with Crippen LogP contribution in [0.2, 0.25) is 5.02 Å². The predicted molar refractivity (Wildman–Crippen MR) is 63.3 cm³/mol. The van der Waals surface area contributed by atoms with Crippen LogP contribution in [0.1, 0.15) is 0 Å². The van der Waals surface area contributed by atoms with Crippen LogP contribution in [0.4, 0.5) is 21.5 Å². The maximum atomic E-state index is 13.2. The Morgan fingerprint density at radius 2 is 2.12 bits per heavy atom. The Hall–Kier alpha value is -1.81. The number of nitrogens with one attached hydrogen (secondary N) is 1. The number of anilines is 3. The number of nitrogens with two attached hydrogens (primary N) is 1. The lowest BCUT2D eigenvalue weighted by Crippen LogP contribution is -1.97. The Labute approximate surface area is 97.1 Å². The van der Waals surface area contributed by atoms with E-state index in [0.29, 0.717) is 17.1 Å². The molecule has 0 unspecified atom stereocenters. The first-order valence-electron chi connectivity index (χ1n) is 4.58. The molecule has 3 nitrogen and oxygen atoms in total. The molecule has 0 radical (unpaired) electrons. The van der Waals surface area contributed by atoms with Crippen molar-refractivity contribution in [3.05, 3.63) is 47.5 Å². The summed E-state index contributed by atoms with van der Waals surface area (Å²) in [5, 5.41) is 3.07. The highest BCUT2D eigenvalue weighted by Gasteiger charge is 2.02. The van der Waals surface area contributed by atoms with E-state index >= 15 is 0 Å². The van der Waals surface area contributed by atoms with Crippen LogP contribution in [0.25, 0.3) is 0 Å². The molecule has 1 heterocycles. The maximum Gasteiger partial charge on any atom is 0.143 e. The molecule has 3 N–H and O–H groups in total. The first kappa shape index (κ1) is 10.7. The highest BCUT2D eigenvalue weighted by atomic mass is 35.5. The van der Waals surface area contributed by atoms with Crippen molar-refractivity contribution >= 4 is 28.7 Å². The van der Waals surface area contributed by atoms with Gasteiger partial charge in [-0.25, -0.2) is 4.39 Å². The van der Waals surface area contributed by atoms with Crippen molar-refractivity contribution in [3.63, 3.8) is 0 Å². The van der Waals surface area contributed by atoms with Gasteiger partial charge >= 0.3 is 0 Å². The smallest absolute Gasteiger partial charge is 0.143 e.